The van der Waals surface area contributed by atoms with E-state index in [0.29, 0.717) is 50.8 Å². The van der Waals surface area contributed by atoms with E-state index in [-0.39, 0.29) is 5.56 Å². The van der Waals surface area contributed by atoms with Gasteiger partial charge in [0.05, 0.1) is 33.5 Å². The molecule has 0 radical (unpaired) electrons. The highest BCUT2D eigenvalue weighted by atomic mass is 16.5. The first kappa shape index (κ1) is 23.0. The fraction of sp³-hybridized carbons (Fsp3) is 0.360. The predicted molar refractivity (Wildman–Crippen MR) is 130 cm³/mol. The maximum absolute atomic E-state index is 13.3. The summed E-state index contributed by atoms with van der Waals surface area (Å²) in [4.78, 5) is 18.6. The number of fused-ring (bicyclic) bond motifs is 1. The highest BCUT2D eigenvalue weighted by Crippen LogP contribution is 2.29. The van der Waals surface area contributed by atoms with Gasteiger partial charge in [0.15, 0.2) is 5.82 Å². The third-order valence-corrected chi connectivity index (χ3v) is 6.16. The number of hydrogen-bond donors (Lipinski definition) is 1. The van der Waals surface area contributed by atoms with E-state index in [1.807, 2.05) is 55.5 Å². The first-order valence-electron chi connectivity index (χ1n) is 11.7. The van der Waals surface area contributed by atoms with Gasteiger partial charge in [0.2, 0.25) is 0 Å². The summed E-state index contributed by atoms with van der Waals surface area (Å²) < 4.78 is 18.3. The number of hydrogen-bond acceptors (Lipinski definition) is 8. The lowest BCUT2D eigenvalue weighted by Gasteiger charge is -2.33. The molecule has 5 rings (SSSR count). The van der Waals surface area contributed by atoms with E-state index in [9.17, 15) is 4.79 Å². The minimum Gasteiger partial charge on any atom is -0.497 e. The molecular weight excluding hydrogens is 448 g/mol. The molecule has 35 heavy (non-hydrogen) atoms. The molecule has 0 saturated carbocycles. The molecule has 10 heteroatoms. The highest BCUT2D eigenvalue weighted by Gasteiger charge is 2.31. The summed E-state index contributed by atoms with van der Waals surface area (Å²) in [7, 11) is 1.64. The number of pyridine rings is 1. The average Bonchev–Trinajstić information content (AvgIpc) is 3.33. The zero-order valence-electron chi connectivity index (χ0n) is 19.8. The van der Waals surface area contributed by atoms with Crippen LogP contribution in [-0.4, -0.2) is 70.1 Å². The molecule has 0 amide bonds. The minimum atomic E-state index is -0.434. The molecule has 0 spiro atoms. The summed E-state index contributed by atoms with van der Waals surface area (Å²) in [5, 5.41) is 13.5. The van der Waals surface area contributed by atoms with Crippen LogP contribution >= 0.6 is 0 Å². The van der Waals surface area contributed by atoms with Crippen LogP contribution in [0.2, 0.25) is 0 Å². The summed E-state index contributed by atoms with van der Waals surface area (Å²) in [6, 6.07) is 14.9. The molecule has 0 aliphatic carbocycles. The van der Waals surface area contributed by atoms with Crippen LogP contribution in [0.25, 0.3) is 10.9 Å². The van der Waals surface area contributed by atoms with Crippen molar-refractivity contribution in [1.29, 1.82) is 0 Å². The van der Waals surface area contributed by atoms with Crippen molar-refractivity contribution in [2.75, 3.05) is 40.0 Å². The molecule has 10 nitrogen and oxygen atoms in total. The molecule has 0 bridgehead atoms. The Morgan fingerprint density at radius 3 is 2.60 bits per heavy atom. The van der Waals surface area contributed by atoms with E-state index < -0.39 is 6.04 Å². The van der Waals surface area contributed by atoms with Crippen molar-refractivity contribution in [3.63, 3.8) is 0 Å². The molecule has 1 saturated heterocycles. The van der Waals surface area contributed by atoms with E-state index in [2.05, 4.69) is 25.4 Å². The zero-order chi connectivity index (χ0) is 24.2. The van der Waals surface area contributed by atoms with Crippen molar-refractivity contribution in [3.05, 3.63) is 75.8 Å². The maximum atomic E-state index is 13.3. The van der Waals surface area contributed by atoms with Crippen LogP contribution < -0.4 is 15.0 Å². The number of tetrazole rings is 1. The van der Waals surface area contributed by atoms with E-state index in [1.54, 1.807) is 11.8 Å². The average molecular weight is 477 g/mol. The second-order valence-corrected chi connectivity index (χ2v) is 8.33. The number of rotatable bonds is 8. The Morgan fingerprint density at radius 2 is 1.86 bits per heavy atom. The van der Waals surface area contributed by atoms with Crippen LogP contribution in [0.5, 0.6) is 11.5 Å². The molecule has 1 aliphatic rings. The van der Waals surface area contributed by atoms with Crippen molar-refractivity contribution in [3.8, 4) is 11.5 Å². The summed E-state index contributed by atoms with van der Waals surface area (Å²) in [5.74, 6) is 2.14. The van der Waals surface area contributed by atoms with Crippen molar-refractivity contribution in [2.24, 2.45) is 0 Å². The third kappa shape index (κ3) is 4.89. The molecule has 1 N–H and O–H groups in total. The van der Waals surface area contributed by atoms with Crippen LogP contribution in [0.15, 0.2) is 53.3 Å². The number of aromatic amines is 1. The van der Waals surface area contributed by atoms with Crippen LogP contribution in [-0.2, 0) is 11.3 Å². The largest absolute Gasteiger partial charge is 0.497 e. The smallest absolute Gasteiger partial charge is 0.253 e. The lowest BCUT2D eigenvalue weighted by Crippen LogP contribution is -2.42. The predicted octanol–water partition coefficient (Wildman–Crippen LogP) is 2.39. The van der Waals surface area contributed by atoms with Crippen LogP contribution in [0.1, 0.15) is 29.9 Å². The van der Waals surface area contributed by atoms with Gasteiger partial charge in [-0.2, -0.15) is 0 Å². The van der Waals surface area contributed by atoms with Gasteiger partial charge in [-0.1, -0.05) is 12.1 Å². The molecule has 1 atom stereocenters. The van der Waals surface area contributed by atoms with E-state index in [0.717, 1.165) is 28.0 Å². The Bertz CT molecular complexity index is 1340. The number of methoxy groups -OCH3 is 1. The molecule has 182 valence electrons. The van der Waals surface area contributed by atoms with Gasteiger partial charge in [-0.15, -0.1) is 5.10 Å². The topological polar surface area (TPSA) is 107 Å². The van der Waals surface area contributed by atoms with Gasteiger partial charge in [0.25, 0.3) is 5.56 Å². The van der Waals surface area contributed by atoms with E-state index >= 15 is 0 Å². The number of morpholine rings is 1. The van der Waals surface area contributed by atoms with Gasteiger partial charge in [-0.05, 0) is 59.3 Å². The first-order valence-corrected chi connectivity index (χ1v) is 11.7. The van der Waals surface area contributed by atoms with Crippen LogP contribution in [0, 0.1) is 0 Å². The molecule has 1 aliphatic heterocycles. The highest BCUT2D eigenvalue weighted by molar-refractivity contribution is 5.80. The lowest BCUT2D eigenvalue weighted by atomic mass is 10.0. The number of nitrogens with one attached hydrogen (secondary N) is 1. The van der Waals surface area contributed by atoms with Gasteiger partial charge < -0.3 is 19.2 Å². The molecule has 3 heterocycles. The van der Waals surface area contributed by atoms with Crippen LogP contribution in [0.4, 0.5) is 0 Å². The molecule has 2 aromatic carbocycles. The molecular formula is C25H28N6O4. The molecule has 2 aromatic heterocycles. The SMILES string of the molecule is CCOc1ccc2[nH]c(=O)c(C(c3nnnn3Cc3ccc(OC)cc3)N3CCOCC3)cc2c1. The first-order chi connectivity index (χ1) is 17.2. The number of H-pyrrole nitrogens is 1. The summed E-state index contributed by atoms with van der Waals surface area (Å²) in [6.07, 6.45) is 0. The minimum absolute atomic E-state index is 0.169. The maximum Gasteiger partial charge on any atom is 0.253 e. The molecule has 4 aromatic rings. The Labute approximate surface area is 202 Å². The van der Waals surface area contributed by atoms with E-state index in [4.69, 9.17) is 14.2 Å². The van der Waals surface area contributed by atoms with Gasteiger partial charge in [0.1, 0.15) is 17.5 Å². The number of nitrogens with zero attached hydrogens (tertiary/aromatic N) is 5. The normalized spacial score (nSPS) is 15.3. The summed E-state index contributed by atoms with van der Waals surface area (Å²) in [5.41, 5.74) is 2.19. The van der Waals surface area contributed by atoms with Crippen molar-refractivity contribution < 1.29 is 14.2 Å². The fourth-order valence-corrected chi connectivity index (χ4v) is 4.42. The van der Waals surface area contributed by atoms with Crippen LogP contribution in [0.3, 0.4) is 0 Å². The number of aromatic nitrogens is 5. The Morgan fingerprint density at radius 1 is 1.09 bits per heavy atom. The van der Waals surface area contributed by atoms with Crippen molar-refractivity contribution in [1.82, 2.24) is 30.1 Å². The second kappa shape index (κ2) is 10.2. The molecule has 1 unspecified atom stereocenters. The Hall–Kier alpha value is -3.76. The third-order valence-electron chi connectivity index (χ3n) is 6.16. The van der Waals surface area contributed by atoms with Gasteiger partial charge in [0, 0.05) is 29.6 Å². The van der Waals surface area contributed by atoms with Gasteiger partial charge in [-0.3, -0.25) is 9.69 Å². The standard InChI is InChI=1S/C25H28N6O4/c1-3-35-20-8-9-22-18(14-20)15-21(25(32)26-22)23(30-10-12-34-13-11-30)24-27-28-29-31(24)16-17-4-6-19(33-2)7-5-17/h4-9,14-15,23H,3,10-13,16H2,1-2H3,(H,26,32). The summed E-state index contributed by atoms with van der Waals surface area (Å²) in [6.45, 7) is 5.46. The van der Waals surface area contributed by atoms with Crippen molar-refractivity contribution >= 4 is 10.9 Å². The van der Waals surface area contributed by atoms with Gasteiger partial charge in [-0.25, -0.2) is 4.68 Å². The van der Waals surface area contributed by atoms with E-state index in [1.165, 1.54) is 0 Å². The molecule has 1 fully saturated rings. The lowest BCUT2D eigenvalue weighted by molar-refractivity contribution is 0.0214. The number of benzene rings is 2. The number of ether oxygens (including phenoxy) is 3. The Balaban J connectivity index is 1.57. The van der Waals surface area contributed by atoms with Crippen molar-refractivity contribution in [2.45, 2.75) is 19.5 Å². The fourth-order valence-electron chi connectivity index (χ4n) is 4.42. The Kier molecular flexibility index (Phi) is 6.73. The quantitative estimate of drug-likeness (QED) is 0.413. The van der Waals surface area contributed by atoms with Gasteiger partial charge >= 0.3 is 0 Å². The zero-order valence-corrected chi connectivity index (χ0v) is 19.8. The second-order valence-electron chi connectivity index (χ2n) is 8.33. The monoisotopic (exact) mass is 476 g/mol. The summed E-state index contributed by atoms with van der Waals surface area (Å²) >= 11 is 0.